The first-order valence-corrected chi connectivity index (χ1v) is 10.4. The lowest BCUT2D eigenvalue weighted by Crippen LogP contribution is -2.36. The van der Waals surface area contributed by atoms with Gasteiger partial charge in [-0.05, 0) is 29.7 Å². The summed E-state index contributed by atoms with van der Waals surface area (Å²) in [6.07, 6.45) is 2.71. The number of hydrogen-bond acceptors (Lipinski definition) is 5. The average molecular weight is 405 g/mol. The molecule has 1 aliphatic rings. The second kappa shape index (κ2) is 9.59. The van der Waals surface area contributed by atoms with Crippen LogP contribution in [-0.2, 0) is 37.0 Å². The van der Waals surface area contributed by atoms with E-state index >= 15 is 0 Å². The Morgan fingerprint density at radius 3 is 2.77 bits per heavy atom. The zero-order valence-electron chi connectivity index (χ0n) is 17.0. The number of rotatable bonds is 8. The van der Waals surface area contributed by atoms with Gasteiger partial charge in [0.15, 0.2) is 5.89 Å². The number of aryl methyl sites for hydroxylation is 2. The minimum absolute atomic E-state index is 0.0884. The second-order valence-corrected chi connectivity index (χ2v) is 7.49. The molecule has 6 heteroatoms. The topological polar surface area (TPSA) is 81.6 Å². The molecule has 0 aliphatic carbocycles. The van der Waals surface area contributed by atoms with Gasteiger partial charge < -0.3 is 19.8 Å². The first-order chi connectivity index (χ1) is 14.7. The molecular formula is C24H27N3O3. The van der Waals surface area contributed by atoms with E-state index in [0.29, 0.717) is 39.1 Å². The summed E-state index contributed by atoms with van der Waals surface area (Å²) < 4.78 is 11.5. The highest BCUT2D eigenvalue weighted by atomic mass is 16.5. The molecule has 2 heterocycles. The van der Waals surface area contributed by atoms with Gasteiger partial charge in [-0.25, -0.2) is 4.98 Å². The van der Waals surface area contributed by atoms with E-state index in [0.717, 1.165) is 41.5 Å². The molecule has 0 atom stereocenters. The van der Waals surface area contributed by atoms with Gasteiger partial charge in [0.2, 0.25) is 5.91 Å². The summed E-state index contributed by atoms with van der Waals surface area (Å²) in [5.74, 6) is 2.50. The normalized spacial score (nSPS) is 13.2. The number of carbonyl (C=O) groups is 1. The summed E-state index contributed by atoms with van der Waals surface area (Å²) >= 11 is 0. The third-order valence-corrected chi connectivity index (χ3v) is 5.24. The van der Waals surface area contributed by atoms with E-state index in [9.17, 15) is 4.79 Å². The Hall–Kier alpha value is -3.12. The van der Waals surface area contributed by atoms with Crippen LogP contribution in [-0.4, -0.2) is 35.5 Å². The molecule has 0 radical (unpaired) electrons. The fraction of sp³-hybridized carbons (Fsp3) is 0.333. The summed E-state index contributed by atoms with van der Waals surface area (Å²) in [7, 11) is 0. The van der Waals surface area contributed by atoms with Crippen LogP contribution in [0, 0.1) is 0 Å². The van der Waals surface area contributed by atoms with Gasteiger partial charge in [0.05, 0.1) is 13.0 Å². The van der Waals surface area contributed by atoms with Crippen molar-refractivity contribution in [2.24, 2.45) is 5.73 Å². The van der Waals surface area contributed by atoms with Crippen LogP contribution in [0.4, 0.5) is 0 Å². The van der Waals surface area contributed by atoms with E-state index in [2.05, 4.69) is 17.1 Å². The number of aromatic nitrogens is 1. The van der Waals surface area contributed by atoms with Crippen molar-refractivity contribution in [1.82, 2.24) is 9.88 Å². The molecule has 0 fully saturated rings. The number of nitrogens with two attached hydrogens (primary N) is 1. The number of benzene rings is 2. The summed E-state index contributed by atoms with van der Waals surface area (Å²) in [4.78, 5) is 19.3. The Labute approximate surface area is 176 Å². The van der Waals surface area contributed by atoms with Crippen LogP contribution < -0.4 is 10.5 Å². The van der Waals surface area contributed by atoms with Crippen molar-refractivity contribution >= 4 is 5.91 Å². The summed E-state index contributed by atoms with van der Waals surface area (Å²) in [5, 5.41) is 0. The number of ether oxygens (including phenoxy) is 1. The van der Waals surface area contributed by atoms with E-state index in [1.54, 1.807) is 0 Å². The maximum atomic E-state index is 12.8. The van der Waals surface area contributed by atoms with Gasteiger partial charge in [-0.1, -0.05) is 42.5 Å². The lowest BCUT2D eigenvalue weighted by molar-refractivity contribution is -0.131. The molecule has 1 aliphatic heterocycles. The number of amides is 1. The summed E-state index contributed by atoms with van der Waals surface area (Å²) in [5.41, 5.74) is 8.57. The fourth-order valence-corrected chi connectivity index (χ4v) is 3.68. The van der Waals surface area contributed by atoms with Gasteiger partial charge in [0.1, 0.15) is 23.8 Å². The lowest BCUT2D eigenvalue weighted by Gasteiger charge is -2.25. The molecule has 0 unspecified atom stereocenters. The zero-order valence-corrected chi connectivity index (χ0v) is 17.0. The van der Waals surface area contributed by atoms with Gasteiger partial charge in [0.25, 0.3) is 0 Å². The minimum Gasteiger partial charge on any atom is -0.492 e. The van der Waals surface area contributed by atoms with Gasteiger partial charge in [-0.2, -0.15) is 0 Å². The Kier molecular flexibility index (Phi) is 6.44. The second-order valence-electron chi connectivity index (χ2n) is 7.49. The predicted molar refractivity (Wildman–Crippen MR) is 114 cm³/mol. The molecular weight excluding hydrogens is 378 g/mol. The highest BCUT2D eigenvalue weighted by molar-refractivity contribution is 5.79. The molecule has 2 aromatic carbocycles. The maximum Gasteiger partial charge on any atom is 0.227 e. The monoisotopic (exact) mass is 405 g/mol. The van der Waals surface area contributed by atoms with Crippen LogP contribution in [0.3, 0.4) is 0 Å². The predicted octanol–water partition coefficient (Wildman–Crippen LogP) is 2.92. The average Bonchev–Trinajstić information content (AvgIpc) is 3.19. The quantitative estimate of drug-likeness (QED) is 0.623. The third kappa shape index (κ3) is 5.07. The molecule has 3 aromatic rings. The molecule has 30 heavy (non-hydrogen) atoms. The first kappa shape index (κ1) is 20.2. The molecule has 0 bridgehead atoms. The number of nitrogens with zero attached hydrogens (tertiary/aromatic N) is 2. The van der Waals surface area contributed by atoms with Crippen LogP contribution in [0.25, 0.3) is 0 Å². The number of oxazole rings is 1. The first-order valence-electron chi connectivity index (χ1n) is 10.4. The molecule has 4 rings (SSSR count). The standard InChI is InChI=1S/C24H27N3O3/c25-12-14-29-20-8-4-7-19(15-20)16-24(28)27-13-11-22-21(17-27)26-23(30-22)10-9-18-5-2-1-3-6-18/h1-8,15H,9-14,16-17,25H2. The molecule has 1 amide bonds. The molecule has 0 spiro atoms. The van der Waals surface area contributed by atoms with Gasteiger partial charge >= 0.3 is 0 Å². The molecule has 1 aromatic heterocycles. The van der Waals surface area contributed by atoms with E-state index in [1.807, 2.05) is 47.4 Å². The maximum absolute atomic E-state index is 12.8. The molecule has 0 saturated heterocycles. The van der Waals surface area contributed by atoms with Crippen molar-refractivity contribution in [2.45, 2.75) is 32.2 Å². The van der Waals surface area contributed by atoms with Crippen molar-refractivity contribution < 1.29 is 13.9 Å². The summed E-state index contributed by atoms with van der Waals surface area (Å²) in [6.45, 7) is 2.09. The van der Waals surface area contributed by atoms with Crippen LogP contribution in [0.1, 0.15) is 28.5 Å². The molecule has 156 valence electrons. The third-order valence-electron chi connectivity index (χ3n) is 5.24. The van der Waals surface area contributed by atoms with Crippen LogP contribution in [0.5, 0.6) is 5.75 Å². The zero-order chi connectivity index (χ0) is 20.8. The Morgan fingerprint density at radius 1 is 1.10 bits per heavy atom. The van der Waals surface area contributed by atoms with Crippen molar-refractivity contribution in [2.75, 3.05) is 19.7 Å². The van der Waals surface area contributed by atoms with E-state index in [-0.39, 0.29) is 5.91 Å². The highest BCUT2D eigenvalue weighted by Crippen LogP contribution is 2.22. The van der Waals surface area contributed by atoms with E-state index in [1.165, 1.54) is 5.56 Å². The number of carbonyl (C=O) groups excluding carboxylic acids is 1. The number of hydrogen-bond donors (Lipinski definition) is 1. The lowest BCUT2D eigenvalue weighted by atomic mass is 10.1. The largest absolute Gasteiger partial charge is 0.492 e. The number of fused-ring (bicyclic) bond motifs is 1. The van der Waals surface area contributed by atoms with Crippen LogP contribution in [0.2, 0.25) is 0 Å². The van der Waals surface area contributed by atoms with E-state index < -0.39 is 0 Å². The Bertz CT molecular complexity index is 984. The van der Waals surface area contributed by atoms with E-state index in [4.69, 9.17) is 14.9 Å². The van der Waals surface area contributed by atoms with Crippen LogP contribution in [0.15, 0.2) is 59.0 Å². The van der Waals surface area contributed by atoms with Gasteiger partial charge in [-0.15, -0.1) is 0 Å². The Morgan fingerprint density at radius 2 is 1.93 bits per heavy atom. The molecule has 0 saturated carbocycles. The van der Waals surface area contributed by atoms with Crippen molar-refractivity contribution in [1.29, 1.82) is 0 Å². The minimum atomic E-state index is 0.0884. The van der Waals surface area contributed by atoms with Crippen LogP contribution >= 0.6 is 0 Å². The highest BCUT2D eigenvalue weighted by Gasteiger charge is 2.25. The molecule has 6 nitrogen and oxygen atoms in total. The van der Waals surface area contributed by atoms with Crippen molar-refractivity contribution in [3.63, 3.8) is 0 Å². The van der Waals surface area contributed by atoms with Gasteiger partial charge in [-0.3, -0.25) is 4.79 Å². The van der Waals surface area contributed by atoms with Crippen molar-refractivity contribution in [3.8, 4) is 5.75 Å². The Balaban J connectivity index is 1.34. The summed E-state index contributed by atoms with van der Waals surface area (Å²) in [6, 6.07) is 17.9. The molecule has 2 N–H and O–H groups in total. The van der Waals surface area contributed by atoms with Gasteiger partial charge in [0, 0.05) is 25.9 Å². The SMILES string of the molecule is NCCOc1cccc(CC(=O)N2CCc3oc(CCc4ccccc4)nc3C2)c1. The van der Waals surface area contributed by atoms with Crippen molar-refractivity contribution in [3.05, 3.63) is 83.1 Å². The smallest absolute Gasteiger partial charge is 0.227 e. The fourth-order valence-electron chi connectivity index (χ4n) is 3.68.